The molecule has 10 heteroatoms. The van der Waals surface area contributed by atoms with Gasteiger partial charge in [-0.3, -0.25) is 0 Å². The van der Waals surface area contributed by atoms with Crippen LogP contribution < -0.4 is 10.6 Å². The highest BCUT2D eigenvalue weighted by atomic mass is 32.2. The highest BCUT2D eigenvalue weighted by Crippen LogP contribution is 2.43. The number of hydrogen-bond acceptors (Lipinski definition) is 8. The van der Waals surface area contributed by atoms with Crippen LogP contribution in [0.1, 0.15) is 47.1 Å². The Morgan fingerprint density at radius 1 is 0.827 bits per heavy atom. The predicted octanol–water partition coefficient (Wildman–Crippen LogP) is 7.41. The summed E-state index contributed by atoms with van der Waals surface area (Å²) in [5, 5.41) is 16.1. The van der Waals surface area contributed by atoms with Crippen LogP contribution in [0.15, 0.2) is 133 Å². The van der Waals surface area contributed by atoms with Gasteiger partial charge >= 0.3 is 12.0 Å². The number of nitrogens with zero attached hydrogens (tertiary/aromatic N) is 1. The third kappa shape index (κ3) is 9.65. The van der Waals surface area contributed by atoms with Gasteiger partial charge in [-0.25, -0.2) is 14.6 Å². The summed E-state index contributed by atoms with van der Waals surface area (Å²) in [5.74, 6) is 0.283. The summed E-state index contributed by atoms with van der Waals surface area (Å²) in [6, 6.07) is 38.1. The smallest absolute Gasteiger partial charge is 0.328 e. The minimum atomic E-state index is -0.811. The Bertz CT molecular complexity index is 1890. The van der Waals surface area contributed by atoms with Crippen molar-refractivity contribution in [2.75, 3.05) is 12.9 Å². The Labute approximate surface area is 308 Å². The molecular formula is C42H43N3O6S. The van der Waals surface area contributed by atoms with Crippen molar-refractivity contribution >= 4 is 23.8 Å². The van der Waals surface area contributed by atoms with E-state index in [0.717, 1.165) is 49.7 Å². The van der Waals surface area contributed by atoms with Gasteiger partial charge in [-0.2, -0.15) is 0 Å². The van der Waals surface area contributed by atoms with Crippen molar-refractivity contribution in [3.8, 4) is 11.1 Å². The van der Waals surface area contributed by atoms with E-state index in [1.807, 2.05) is 121 Å². The molecule has 6 rings (SSSR count). The fourth-order valence-corrected chi connectivity index (χ4v) is 7.21. The molecule has 9 nitrogen and oxygen atoms in total. The van der Waals surface area contributed by atoms with Crippen LogP contribution in [-0.2, 0) is 38.6 Å². The van der Waals surface area contributed by atoms with Crippen LogP contribution in [0.2, 0.25) is 0 Å². The lowest BCUT2D eigenvalue weighted by molar-refractivity contribution is -0.268. The first-order valence-electron chi connectivity index (χ1n) is 17.3. The molecule has 5 atom stereocenters. The fraction of sp³-hybridized carbons (Fsp3) is 0.262. The van der Waals surface area contributed by atoms with Crippen molar-refractivity contribution in [2.24, 2.45) is 5.92 Å². The number of rotatable bonds is 13. The van der Waals surface area contributed by atoms with Crippen LogP contribution in [0.4, 0.5) is 4.79 Å². The van der Waals surface area contributed by atoms with Crippen LogP contribution in [0, 0.1) is 5.92 Å². The van der Waals surface area contributed by atoms with Gasteiger partial charge in [-0.1, -0.05) is 110 Å². The number of amides is 2. The van der Waals surface area contributed by atoms with Gasteiger partial charge in [0.1, 0.15) is 6.04 Å². The number of carbonyl (C=O) groups excluding carboxylic acids is 2. The van der Waals surface area contributed by atoms with Crippen LogP contribution in [0.5, 0.6) is 0 Å². The molecule has 1 aliphatic heterocycles. The normalized spacial score (nSPS) is 19.0. The molecule has 1 fully saturated rings. The van der Waals surface area contributed by atoms with E-state index in [9.17, 15) is 14.7 Å². The molecule has 2 amide bonds. The largest absolute Gasteiger partial charge is 0.467 e. The molecule has 1 aromatic heterocycles. The van der Waals surface area contributed by atoms with E-state index in [-0.39, 0.29) is 31.3 Å². The Morgan fingerprint density at radius 3 is 2.27 bits per heavy atom. The summed E-state index contributed by atoms with van der Waals surface area (Å²) in [4.78, 5) is 29.7. The Morgan fingerprint density at radius 2 is 1.56 bits per heavy atom. The molecular weight excluding hydrogens is 675 g/mol. The number of hydrogen-bond donors (Lipinski definition) is 3. The molecule has 268 valence electrons. The molecule has 0 unspecified atom stereocenters. The number of urea groups is 1. The summed E-state index contributed by atoms with van der Waals surface area (Å²) in [6.45, 7) is 2.42. The van der Waals surface area contributed by atoms with Gasteiger partial charge in [0, 0.05) is 36.4 Å². The van der Waals surface area contributed by atoms with E-state index in [0.29, 0.717) is 6.42 Å². The Balaban J connectivity index is 1.12. The molecule has 52 heavy (non-hydrogen) atoms. The van der Waals surface area contributed by atoms with Crippen molar-refractivity contribution in [2.45, 2.75) is 56.1 Å². The first-order valence-corrected chi connectivity index (χ1v) is 18.3. The van der Waals surface area contributed by atoms with Crippen molar-refractivity contribution in [3.63, 3.8) is 0 Å². The maximum Gasteiger partial charge on any atom is 0.328 e. The number of esters is 1. The summed E-state index contributed by atoms with van der Waals surface area (Å²) in [6.07, 6.45) is 1.24. The lowest BCUT2D eigenvalue weighted by Gasteiger charge is -2.41. The van der Waals surface area contributed by atoms with Crippen molar-refractivity contribution in [1.82, 2.24) is 15.6 Å². The second-order valence-electron chi connectivity index (χ2n) is 12.7. The maximum atomic E-state index is 12.8. The predicted molar refractivity (Wildman–Crippen MR) is 201 cm³/mol. The number of ether oxygens (including phenoxy) is 3. The number of aliphatic hydroxyl groups is 1. The van der Waals surface area contributed by atoms with E-state index in [1.165, 1.54) is 7.11 Å². The molecule has 0 saturated carbocycles. The average molecular weight is 718 g/mol. The highest BCUT2D eigenvalue weighted by Gasteiger charge is 2.38. The zero-order valence-corrected chi connectivity index (χ0v) is 30.0. The van der Waals surface area contributed by atoms with Gasteiger partial charge in [-0.15, -0.1) is 11.8 Å². The molecule has 0 aliphatic carbocycles. The first kappa shape index (κ1) is 36.8. The van der Waals surface area contributed by atoms with Crippen molar-refractivity contribution in [1.29, 1.82) is 0 Å². The molecule has 4 aromatic carbocycles. The number of pyridine rings is 1. The standard InChI is InChI=1S/C42H43N3O6S/c1-28-37(27-52-38-13-6-7-22-43-38)50-41(51-39(28)33-16-14-30(26-46)15-17-33)34-20-18-32(19-21-34)35-12-8-11-31(23-35)25-44-42(48)45-36(40(47)49-2)24-29-9-4-3-5-10-29/h3-23,28,36-37,39,41,46H,24-27H2,1-2H3,(H2,44,45,48)/t28-,36+,37+,39+,41+/m1/s1. The third-order valence-electron chi connectivity index (χ3n) is 9.13. The first-order chi connectivity index (χ1) is 25.4. The molecule has 5 aromatic rings. The lowest BCUT2D eigenvalue weighted by atomic mass is 9.91. The number of nitrogens with one attached hydrogen (secondary N) is 2. The second-order valence-corrected chi connectivity index (χ2v) is 13.8. The van der Waals surface area contributed by atoms with E-state index in [4.69, 9.17) is 14.2 Å². The maximum absolute atomic E-state index is 12.8. The second kappa shape index (κ2) is 18.0. The minimum absolute atomic E-state index is 0.00973. The molecule has 3 N–H and O–H groups in total. The third-order valence-corrected chi connectivity index (χ3v) is 10.2. The van der Waals surface area contributed by atoms with Crippen LogP contribution in [0.3, 0.4) is 0 Å². The molecule has 0 radical (unpaired) electrons. The van der Waals surface area contributed by atoms with E-state index in [1.54, 1.807) is 18.0 Å². The van der Waals surface area contributed by atoms with Crippen LogP contribution in [-0.4, -0.2) is 47.1 Å². The summed E-state index contributed by atoms with van der Waals surface area (Å²) < 4.78 is 18.2. The molecule has 2 heterocycles. The van der Waals surface area contributed by atoms with Gasteiger partial charge in [0.2, 0.25) is 0 Å². The highest BCUT2D eigenvalue weighted by molar-refractivity contribution is 7.99. The number of aliphatic hydroxyl groups excluding tert-OH is 1. The monoisotopic (exact) mass is 717 g/mol. The lowest BCUT2D eigenvalue weighted by Crippen LogP contribution is -2.47. The fourth-order valence-electron chi connectivity index (χ4n) is 6.18. The molecule has 1 saturated heterocycles. The van der Waals surface area contributed by atoms with Crippen LogP contribution in [0.25, 0.3) is 11.1 Å². The molecule has 0 spiro atoms. The van der Waals surface area contributed by atoms with E-state index < -0.39 is 24.3 Å². The number of benzene rings is 4. The number of carbonyl (C=O) groups is 2. The average Bonchev–Trinajstić information content (AvgIpc) is 3.20. The van der Waals surface area contributed by atoms with Gasteiger partial charge in [0.15, 0.2) is 6.29 Å². The van der Waals surface area contributed by atoms with E-state index in [2.05, 4.69) is 22.5 Å². The zero-order chi connectivity index (χ0) is 36.3. The zero-order valence-electron chi connectivity index (χ0n) is 29.2. The molecule has 0 bridgehead atoms. The van der Waals surface area contributed by atoms with Crippen molar-refractivity contribution in [3.05, 3.63) is 155 Å². The number of methoxy groups -OCH3 is 1. The molecule has 1 aliphatic rings. The van der Waals surface area contributed by atoms with Gasteiger partial charge in [-0.05, 0) is 51.6 Å². The minimum Gasteiger partial charge on any atom is -0.467 e. The summed E-state index contributed by atoms with van der Waals surface area (Å²) >= 11 is 1.67. The summed E-state index contributed by atoms with van der Waals surface area (Å²) in [7, 11) is 1.31. The Hall–Kier alpha value is -5.00. The number of aromatic nitrogens is 1. The number of thioether (sulfide) groups is 1. The Kier molecular flexibility index (Phi) is 12.7. The van der Waals surface area contributed by atoms with Gasteiger partial charge < -0.3 is 30.0 Å². The van der Waals surface area contributed by atoms with Gasteiger partial charge in [0.25, 0.3) is 0 Å². The van der Waals surface area contributed by atoms with Gasteiger partial charge in [0.05, 0.1) is 31.0 Å². The topological polar surface area (TPSA) is 119 Å². The van der Waals surface area contributed by atoms with Crippen LogP contribution >= 0.6 is 11.8 Å². The quantitative estimate of drug-likeness (QED) is 0.0852. The SMILES string of the molecule is COC(=O)[C@H](Cc1ccccc1)NC(=O)NCc1cccc(-c2ccc([C@H]3O[C@@H](CSc4ccccn4)[C@@H](C)[C@@H](c4ccc(CO)cc4)O3)cc2)c1. The van der Waals surface area contributed by atoms with E-state index >= 15 is 0 Å². The summed E-state index contributed by atoms with van der Waals surface area (Å²) in [5.41, 5.74) is 6.63. The van der Waals surface area contributed by atoms with Crippen molar-refractivity contribution < 1.29 is 28.9 Å².